The second kappa shape index (κ2) is 8.31. The number of benzene rings is 2. The average molecular weight is 363 g/mol. The fourth-order valence-electron chi connectivity index (χ4n) is 2.58. The van der Waals surface area contributed by atoms with Crippen molar-refractivity contribution in [2.24, 2.45) is 0 Å². The number of aryl methyl sites for hydroxylation is 1. The Labute approximate surface area is 157 Å². The molecule has 1 amide bonds. The number of ether oxygens (including phenoxy) is 1. The van der Waals surface area contributed by atoms with Gasteiger partial charge in [0.15, 0.2) is 0 Å². The highest BCUT2D eigenvalue weighted by molar-refractivity contribution is 5.90. The number of carbonyl (C=O) groups is 1. The number of hydrogen-bond acceptors (Lipinski definition) is 4. The Morgan fingerprint density at radius 2 is 1.81 bits per heavy atom. The summed E-state index contributed by atoms with van der Waals surface area (Å²) in [6.45, 7) is 4.39. The van der Waals surface area contributed by atoms with Crippen LogP contribution in [0.15, 0.2) is 65.7 Å². The number of hydrogen-bond donors (Lipinski definition) is 1. The van der Waals surface area contributed by atoms with Gasteiger partial charge in [-0.3, -0.25) is 14.2 Å². The van der Waals surface area contributed by atoms with Gasteiger partial charge in [0.05, 0.1) is 18.6 Å². The van der Waals surface area contributed by atoms with E-state index in [0.29, 0.717) is 18.0 Å². The molecule has 2 aromatic carbocycles. The van der Waals surface area contributed by atoms with Gasteiger partial charge in [-0.1, -0.05) is 29.8 Å². The Bertz CT molecular complexity index is 977. The molecular formula is C21H21N3O3. The predicted octanol–water partition coefficient (Wildman–Crippen LogP) is 3.26. The van der Waals surface area contributed by atoms with Crippen LogP contribution in [0.4, 0.5) is 5.69 Å². The smallest absolute Gasteiger partial charge is 0.254 e. The van der Waals surface area contributed by atoms with E-state index >= 15 is 0 Å². The molecule has 1 aromatic heterocycles. The van der Waals surface area contributed by atoms with Crippen LogP contribution in [0.1, 0.15) is 12.5 Å². The first kappa shape index (κ1) is 18.4. The van der Waals surface area contributed by atoms with E-state index in [1.54, 1.807) is 24.3 Å². The van der Waals surface area contributed by atoms with Crippen LogP contribution in [0.2, 0.25) is 0 Å². The third-order valence-corrected chi connectivity index (χ3v) is 3.99. The number of carbonyl (C=O) groups excluding carboxylic acids is 1. The highest BCUT2D eigenvalue weighted by atomic mass is 16.5. The standard InChI is InChI=1S/C21H21N3O3/c1-3-27-18-10-8-17(9-11-18)23-20(25)13-24-14-22-19(12-21(24)26)16-6-4-15(2)5-7-16/h4-12,14H,3,13H2,1-2H3,(H,23,25). The van der Waals surface area contributed by atoms with Crippen LogP contribution >= 0.6 is 0 Å². The highest BCUT2D eigenvalue weighted by Gasteiger charge is 2.08. The maximum Gasteiger partial charge on any atom is 0.254 e. The van der Waals surface area contributed by atoms with Gasteiger partial charge in [0, 0.05) is 17.3 Å². The van der Waals surface area contributed by atoms with Crippen molar-refractivity contribution in [1.29, 1.82) is 0 Å². The molecule has 0 aliphatic rings. The lowest BCUT2D eigenvalue weighted by molar-refractivity contribution is -0.116. The Hall–Kier alpha value is -3.41. The molecule has 0 bridgehead atoms. The lowest BCUT2D eigenvalue weighted by Gasteiger charge is -2.09. The minimum atomic E-state index is -0.300. The molecule has 27 heavy (non-hydrogen) atoms. The summed E-state index contributed by atoms with van der Waals surface area (Å²) in [5, 5.41) is 2.76. The highest BCUT2D eigenvalue weighted by Crippen LogP contribution is 2.16. The van der Waals surface area contributed by atoms with Crippen LogP contribution in [-0.4, -0.2) is 22.1 Å². The topological polar surface area (TPSA) is 73.2 Å². The molecule has 1 heterocycles. The molecule has 6 heteroatoms. The summed E-state index contributed by atoms with van der Waals surface area (Å²) in [5.74, 6) is 0.439. The zero-order valence-corrected chi connectivity index (χ0v) is 15.3. The van der Waals surface area contributed by atoms with Crippen molar-refractivity contribution in [3.63, 3.8) is 0 Å². The molecule has 0 saturated carbocycles. The van der Waals surface area contributed by atoms with E-state index in [0.717, 1.165) is 16.9 Å². The summed E-state index contributed by atoms with van der Waals surface area (Å²) >= 11 is 0. The molecule has 0 aliphatic carbocycles. The molecule has 0 aliphatic heterocycles. The van der Waals surface area contributed by atoms with E-state index in [4.69, 9.17) is 4.74 Å². The number of rotatable bonds is 6. The first-order valence-electron chi connectivity index (χ1n) is 8.71. The van der Waals surface area contributed by atoms with Crippen molar-refractivity contribution in [3.8, 4) is 17.0 Å². The summed E-state index contributed by atoms with van der Waals surface area (Å²) in [6, 6.07) is 16.3. The molecule has 0 fully saturated rings. The third kappa shape index (κ3) is 4.82. The van der Waals surface area contributed by atoms with E-state index in [1.165, 1.54) is 17.0 Å². The van der Waals surface area contributed by atoms with E-state index in [9.17, 15) is 9.59 Å². The predicted molar refractivity (Wildman–Crippen MR) is 105 cm³/mol. The Morgan fingerprint density at radius 3 is 2.44 bits per heavy atom. The van der Waals surface area contributed by atoms with E-state index in [-0.39, 0.29) is 18.0 Å². The van der Waals surface area contributed by atoms with E-state index in [2.05, 4.69) is 10.3 Å². The number of nitrogens with zero attached hydrogens (tertiary/aromatic N) is 2. The molecule has 3 rings (SSSR count). The maximum absolute atomic E-state index is 12.3. The maximum atomic E-state index is 12.3. The largest absolute Gasteiger partial charge is 0.494 e. The number of nitrogens with one attached hydrogen (secondary N) is 1. The summed E-state index contributed by atoms with van der Waals surface area (Å²) in [7, 11) is 0. The molecule has 0 atom stereocenters. The van der Waals surface area contributed by atoms with Crippen molar-refractivity contribution < 1.29 is 9.53 Å². The van der Waals surface area contributed by atoms with Gasteiger partial charge in [-0.25, -0.2) is 4.98 Å². The van der Waals surface area contributed by atoms with Gasteiger partial charge in [0.1, 0.15) is 12.3 Å². The molecular weight excluding hydrogens is 342 g/mol. The van der Waals surface area contributed by atoms with Crippen LogP contribution in [0.5, 0.6) is 5.75 Å². The molecule has 138 valence electrons. The summed E-state index contributed by atoms with van der Waals surface area (Å²) < 4.78 is 6.64. The normalized spacial score (nSPS) is 10.4. The van der Waals surface area contributed by atoms with Gasteiger partial charge in [0.2, 0.25) is 5.91 Å². The monoisotopic (exact) mass is 363 g/mol. The zero-order chi connectivity index (χ0) is 19.2. The fraction of sp³-hybridized carbons (Fsp3) is 0.190. The van der Waals surface area contributed by atoms with Crippen LogP contribution in [0.25, 0.3) is 11.3 Å². The van der Waals surface area contributed by atoms with Crippen molar-refractivity contribution in [2.75, 3.05) is 11.9 Å². The van der Waals surface area contributed by atoms with Crippen LogP contribution in [0, 0.1) is 6.92 Å². The van der Waals surface area contributed by atoms with E-state index in [1.807, 2.05) is 38.1 Å². The van der Waals surface area contributed by atoms with E-state index < -0.39 is 0 Å². The lowest BCUT2D eigenvalue weighted by atomic mass is 10.1. The molecule has 0 radical (unpaired) electrons. The minimum absolute atomic E-state index is 0.104. The first-order chi connectivity index (χ1) is 13.0. The van der Waals surface area contributed by atoms with Gasteiger partial charge in [-0.15, -0.1) is 0 Å². The van der Waals surface area contributed by atoms with Gasteiger partial charge in [-0.2, -0.15) is 0 Å². The van der Waals surface area contributed by atoms with Gasteiger partial charge in [-0.05, 0) is 38.1 Å². The third-order valence-electron chi connectivity index (χ3n) is 3.99. The minimum Gasteiger partial charge on any atom is -0.494 e. The van der Waals surface area contributed by atoms with Gasteiger partial charge in [0.25, 0.3) is 5.56 Å². The average Bonchev–Trinajstić information content (AvgIpc) is 2.66. The van der Waals surface area contributed by atoms with Crippen molar-refractivity contribution >= 4 is 11.6 Å². The molecule has 6 nitrogen and oxygen atoms in total. The summed E-state index contributed by atoms with van der Waals surface area (Å²) in [6.07, 6.45) is 1.40. The zero-order valence-electron chi connectivity index (χ0n) is 15.3. The van der Waals surface area contributed by atoms with Gasteiger partial charge < -0.3 is 10.1 Å². The van der Waals surface area contributed by atoms with Crippen LogP contribution < -0.4 is 15.6 Å². The summed E-state index contributed by atoms with van der Waals surface area (Å²) in [4.78, 5) is 28.8. The molecule has 1 N–H and O–H groups in total. The molecule has 3 aromatic rings. The first-order valence-corrected chi connectivity index (χ1v) is 8.71. The fourth-order valence-corrected chi connectivity index (χ4v) is 2.58. The quantitative estimate of drug-likeness (QED) is 0.730. The van der Waals surface area contributed by atoms with Crippen LogP contribution in [0.3, 0.4) is 0 Å². The van der Waals surface area contributed by atoms with Crippen molar-refractivity contribution in [2.45, 2.75) is 20.4 Å². The second-order valence-electron chi connectivity index (χ2n) is 6.11. The summed E-state index contributed by atoms with van der Waals surface area (Å²) in [5.41, 5.74) is 2.95. The van der Waals surface area contributed by atoms with Gasteiger partial charge >= 0.3 is 0 Å². The van der Waals surface area contributed by atoms with Crippen LogP contribution in [-0.2, 0) is 11.3 Å². The Balaban J connectivity index is 1.67. The molecule has 0 saturated heterocycles. The number of aromatic nitrogens is 2. The Kier molecular flexibility index (Phi) is 5.66. The number of anilines is 1. The van der Waals surface area contributed by atoms with Crippen molar-refractivity contribution in [3.05, 3.63) is 76.8 Å². The lowest BCUT2D eigenvalue weighted by Crippen LogP contribution is -2.27. The molecule has 0 unspecified atom stereocenters. The van der Waals surface area contributed by atoms with Crippen molar-refractivity contribution in [1.82, 2.24) is 9.55 Å². The second-order valence-corrected chi connectivity index (χ2v) is 6.11. The number of amides is 1. The Morgan fingerprint density at radius 1 is 1.11 bits per heavy atom. The molecule has 0 spiro atoms. The SMILES string of the molecule is CCOc1ccc(NC(=O)Cn2cnc(-c3ccc(C)cc3)cc2=O)cc1.